The Hall–Kier alpha value is -2.84. The number of hydrogen-bond donors (Lipinski definition) is 2. The third-order valence-electron chi connectivity index (χ3n) is 9.24. The standard InChI is InChI=1S/C27H28ClF5N6O2S/c1-24(27(31,32)33)13-38(18-12-35-20-11-19(28)37-39(20)22(18)24)16-7-3-14(4-8-16)21-25(2,26(21,29)30)23(40)36-15-5-9-17(10-6-15)42(34)41/h3-4,7-8,11-12,15,17,21H,5-6,9-10,13,34H2,1-2H3,(H,36,40)/t15?,17?,21-,24-,25+,42?/m1/s1. The van der Waals surface area contributed by atoms with Crippen molar-refractivity contribution in [3.05, 3.63) is 52.9 Å². The Balaban J connectivity index is 1.25. The van der Waals surface area contributed by atoms with E-state index in [0.717, 1.165) is 11.4 Å². The van der Waals surface area contributed by atoms with Crippen LogP contribution in [0, 0.1) is 5.41 Å². The molecule has 2 aromatic heterocycles. The summed E-state index contributed by atoms with van der Waals surface area (Å²) >= 11 is 5.97. The molecule has 1 amide bonds. The third-order valence-corrected chi connectivity index (χ3v) is 10.6. The molecule has 1 aliphatic heterocycles. The number of carbonyl (C=O) groups is 1. The zero-order valence-electron chi connectivity index (χ0n) is 22.6. The van der Waals surface area contributed by atoms with Crippen molar-refractivity contribution in [2.45, 2.75) is 74.3 Å². The first-order valence-electron chi connectivity index (χ1n) is 13.4. The number of aromatic nitrogens is 3. The summed E-state index contributed by atoms with van der Waals surface area (Å²) in [7, 11) is -1.46. The molecule has 3 aromatic rings. The summed E-state index contributed by atoms with van der Waals surface area (Å²) in [4.78, 5) is 18.7. The van der Waals surface area contributed by atoms with E-state index in [1.807, 2.05) is 0 Å². The molecule has 0 saturated heterocycles. The van der Waals surface area contributed by atoms with Crippen LogP contribution < -0.4 is 15.4 Å². The average Bonchev–Trinajstić information content (AvgIpc) is 3.19. The number of nitrogens with one attached hydrogen (secondary N) is 1. The number of fused-ring (bicyclic) bond motifs is 3. The van der Waals surface area contributed by atoms with E-state index in [1.54, 1.807) is 0 Å². The van der Waals surface area contributed by atoms with E-state index in [9.17, 15) is 22.2 Å². The van der Waals surface area contributed by atoms with Crippen molar-refractivity contribution in [1.29, 1.82) is 0 Å². The second-order valence-electron chi connectivity index (χ2n) is 11.8. The van der Waals surface area contributed by atoms with Gasteiger partial charge in [0.25, 0.3) is 5.92 Å². The summed E-state index contributed by atoms with van der Waals surface area (Å²) in [6.45, 7) is 1.81. The number of amides is 1. The van der Waals surface area contributed by atoms with Gasteiger partial charge in [0, 0.05) is 29.6 Å². The normalized spacial score (nSPS) is 31.2. The first-order chi connectivity index (χ1) is 19.6. The Bertz CT molecular complexity index is 1590. The van der Waals surface area contributed by atoms with Crippen LogP contribution in [0.4, 0.5) is 33.3 Å². The smallest absolute Gasteiger partial charge is 0.353 e. The summed E-state index contributed by atoms with van der Waals surface area (Å²) in [6.07, 6.45) is -1.25. The lowest BCUT2D eigenvalue weighted by Crippen LogP contribution is -2.44. The van der Waals surface area contributed by atoms with Gasteiger partial charge in [-0.15, -0.1) is 0 Å². The molecule has 1 unspecified atom stereocenters. The van der Waals surface area contributed by atoms with Crippen molar-refractivity contribution in [3.63, 3.8) is 0 Å². The highest BCUT2D eigenvalue weighted by atomic mass is 35.5. The highest BCUT2D eigenvalue weighted by molar-refractivity contribution is 7.83. The maximum atomic E-state index is 15.2. The average molecular weight is 631 g/mol. The van der Waals surface area contributed by atoms with Crippen molar-refractivity contribution in [2.75, 3.05) is 11.4 Å². The predicted molar refractivity (Wildman–Crippen MR) is 147 cm³/mol. The van der Waals surface area contributed by atoms with E-state index in [0.29, 0.717) is 31.4 Å². The maximum Gasteiger partial charge on any atom is 0.401 e. The molecule has 2 saturated carbocycles. The van der Waals surface area contributed by atoms with Crippen molar-refractivity contribution in [2.24, 2.45) is 10.6 Å². The van der Waals surface area contributed by atoms with Crippen LogP contribution in [-0.2, 0) is 21.2 Å². The fourth-order valence-electron chi connectivity index (χ4n) is 6.52. The first-order valence-corrected chi connectivity index (χ1v) is 15.1. The highest BCUT2D eigenvalue weighted by Crippen LogP contribution is 2.71. The Morgan fingerprint density at radius 3 is 2.38 bits per heavy atom. The largest absolute Gasteiger partial charge is 0.401 e. The van der Waals surface area contributed by atoms with Gasteiger partial charge in [0.05, 0.1) is 34.5 Å². The van der Waals surface area contributed by atoms with Crippen LogP contribution in [0.1, 0.15) is 56.7 Å². The molecular formula is C27H28ClF5N6O2S. The van der Waals surface area contributed by atoms with Crippen molar-refractivity contribution in [1.82, 2.24) is 19.9 Å². The van der Waals surface area contributed by atoms with E-state index in [-0.39, 0.29) is 39.0 Å². The maximum absolute atomic E-state index is 15.2. The van der Waals surface area contributed by atoms with Crippen molar-refractivity contribution in [3.8, 4) is 0 Å². The summed E-state index contributed by atoms with van der Waals surface area (Å²) in [6, 6.07) is 6.86. The molecule has 2 aliphatic carbocycles. The molecule has 3 aliphatic rings. The molecule has 0 bridgehead atoms. The fourth-order valence-corrected chi connectivity index (χ4v) is 7.43. The van der Waals surface area contributed by atoms with Gasteiger partial charge in [-0.1, -0.05) is 23.7 Å². The zero-order valence-corrected chi connectivity index (χ0v) is 24.2. The molecule has 15 heteroatoms. The Labute approximate surface area is 245 Å². The summed E-state index contributed by atoms with van der Waals surface area (Å²) in [5.41, 5.74) is -3.54. The van der Waals surface area contributed by atoms with Gasteiger partial charge in [-0.2, -0.15) is 18.3 Å². The van der Waals surface area contributed by atoms with Gasteiger partial charge in [0.15, 0.2) is 10.8 Å². The van der Waals surface area contributed by atoms with Crippen LogP contribution in [0.25, 0.3) is 5.65 Å². The van der Waals surface area contributed by atoms with Gasteiger partial charge in [0.1, 0.15) is 10.8 Å². The lowest BCUT2D eigenvalue weighted by atomic mass is 9.87. The predicted octanol–water partition coefficient (Wildman–Crippen LogP) is 5.14. The summed E-state index contributed by atoms with van der Waals surface area (Å²) < 4.78 is 86.3. The van der Waals surface area contributed by atoms with E-state index < -0.39 is 52.3 Å². The van der Waals surface area contributed by atoms with E-state index >= 15 is 8.78 Å². The van der Waals surface area contributed by atoms with Gasteiger partial charge in [-0.3, -0.25) is 9.93 Å². The minimum absolute atomic E-state index is 0.000321. The number of anilines is 2. The van der Waals surface area contributed by atoms with Crippen LogP contribution in [0.5, 0.6) is 0 Å². The minimum Gasteiger partial charge on any atom is -0.353 e. The summed E-state index contributed by atoms with van der Waals surface area (Å²) in [5, 5.41) is 12.1. The second kappa shape index (κ2) is 9.58. The second-order valence-corrected chi connectivity index (χ2v) is 13.5. The van der Waals surface area contributed by atoms with Gasteiger partial charge in [-0.05, 0) is 57.2 Å². The number of hydrogen-bond acceptors (Lipinski definition) is 5. The third kappa shape index (κ3) is 4.23. The fraction of sp³-hybridized carbons (Fsp3) is 0.519. The van der Waals surface area contributed by atoms with E-state index in [2.05, 4.69) is 15.4 Å². The van der Waals surface area contributed by atoms with E-state index in [1.165, 1.54) is 48.4 Å². The first kappa shape index (κ1) is 29.2. The molecule has 1 aromatic carbocycles. The van der Waals surface area contributed by atoms with Crippen molar-refractivity contribution < 1.29 is 31.0 Å². The number of benzene rings is 1. The van der Waals surface area contributed by atoms with Gasteiger partial charge >= 0.3 is 6.18 Å². The Kier molecular flexibility index (Phi) is 6.67. The molecule has 3 N–H and O–H groups in total. The zero-order chi connectivity index (χ0) is 30.4. The summed E-state index contributed by atoms with van der Waals surface area (Å²) in [5.74, 6) is -5.48. The SMILES string of the molecule is C[C@@]1(C(F)(F)F)CN(c2ccc([C@H]3C(F)(F)[C@]3(C)C(=O)NC3CCC(S(N)=O)CC3)cc2)c2cnc3cc(Cl)nn3c21. The Morgan fingerprint density at radius 2 is 1.79 bits per heavy atom. The number of rotatable bonds is 5. The number of nitrogens with two attached hydrogens (primary N) is 1. The number of carbonyl (C=O) groups excluding carboxylic acids is 1. The molecule has 3 heterocycles. The van der Waals surface area contributed by atoms with Crippen LogP contribution in [-0.4, -0.2) is 54.6 Å². The van der Waals surface area contributed by atoms with Crippen molar-refractivity contribution >= 4 is 45.5 Å². The molecule has 4 atom stereocenters. The quantitative estimate of drug-likeness (QED) is 0.380. The molecule has 226 valence electrons. The lowest BCUT2D eigenvalue weighted by Gasteiger charge is -2.28. The highest BCUT2D eigenvalue weighted by Gasteiger charge is 2.82. The monoisotopic (exact) mass is 630 g/mol. The number of alkyl halides is 5. The van der Waals surface area contributed by atoms with Gasteiger partial charge in [0.2, 0.25) is 5.91 Å². The molecule has 8 nitrogen and oxygen atoms in total. The van der Waals surface area contributed by atoms with Crippen LogP contribution in [0.2, 0.25) is 5.15 Å². The van der Waals surface area contributed by atoms with Gasteiger partial charge < -0.3 is 10.2 Å². The molecule has 6 rings (SSSR count). The number of halogens is 6. The van der Waals surface area contributed by atoms with E-state index in [4.69, 9.17) is 16.7 Å². The minimum atomic E-state index is -4.64. The molecule has 0 spiro atoms. The lowest BCUT2D eigenvalue weighted by molar-refractivity contribution is -0.181. The molecule has 0 radical (unpaired) electrons. The molecule has 2 fully saturated rings. The van der Waals surface area contributed by atoms with Crippen LogP contribution in [0.15, 0.2) is 36.5 Å². The Morgan fingerprint density at radius 1 is 1.14 bits per heavy atom. The van der Waals surface area contributed by atoms with Gasteiger partial charge in [-0.25, -0.2) is 22.5 Å². The topological polar surface area (TPSA) is 106 Å². The number of nitrogens with zero attached hydrogens (tertiary/aromatic N) is 4. The molecule has 42 heavy (non-hydrogen) atoms. The molecular weight excluding hydrogens is 603 g/mol. The van der Waals surface area contributed by atoms with Crippen LogP contribution in [0.3, 0.4) is 0 Å². The van der Waals surface area contributed by atoms with Crippen LogP contribution >= 0.6 is 11.6 Å².